The highest BCUT2D eigenvalue weighted by Crippen LogP contribution is 2.23. The van der Waals surface area contributed by atoms with Gasteiger partial charge in [0.05, 0.1) is 5.69 Å². The van der Waals surface area contributed by atoms with E-state index < -0.39 is 0 Å². The minimum Gasteiger partial charge on any atom is -0.382 e. The lowest BCUT2D eigenvalue weighted by Gasteiger charge is -2.15. The molecular formula is C13H22N2O. The molecule has 1 N–H and O–H groups in total. The second-order valence-electron chi connectivity index (χ2n) is 4.76. The summed E-state index contributed by atoms with van der Waals surface area (Å²) < 4.78 is 5.33. The zero-order valence-electron chi connectivity index (χ0n) is 10.4. The first-order chi connectivity index (χ1) is 7.79. The van der Waals surface area contributed by atoms with Gasteiger partial charge in [-0.15, -0.1) is 0 Å². The summed E-state index contributed by atoms with van der Waals surface area (Å²) in [5.41, 5.74) is 2.69. The van der Waals surface area contributed by atoms with E-state index in [-0.39, 0.29) is 0 Å². The maximum atomic E-state index is 5.33. The monoisotopic (exact) mass is 222 g/mol. The van der Waals surface area contributed by atoms with Crippen molar-refractivity contribution in [3.63, 3.8) is 0 Å². The van der Waals surface area contributed by atoms with Gasteiger partial charge in [0, 0.05) is 25.3 Å². The van der Waals surface area contributed by atoms with Gasteiger partial charge in [0.2, 0.25) is 0 Å². The lowest BCUT2D eigenvalue weighted by Crippen LogP contribution is -2.10. The van der Waals surface area contributed by atoms with Crippen LogP contribution in [0.4, 0.5) is 0 Å². The van der Waals surface area contributed by atoms with Crippen molar-refractivity contribution in [1.29, 1.82) is 0 Å². The van der Waals surface area contributed by atoms with Crippen molar-refractivity contribution in [3.8, 4) is 0 Å². The number of nitrogens with zero attached hydrogens (tertiary/aromatic N) is 1. The summed E-state index contributed by atoms with van der Waals surface area (Å²) in [5, 5.41) is 0. The molecule has 0 aliphatic heterocycles. The Hall–Kier alpha value is -0.830. The summed E-state index contributed by atoms with van der Waals surface area (Å²) in [4.78, 5) is 8.15. The molecule has 0 bridgehead atoms. The third kappa shape index (κ3) is 2.85. The first kappa shape index (κ1) is 11.6. The summed E-state index contributed by atoms with van der Waals surface area (Å²) in [6, 6.07) is 0. The van der Waals surface area contributed by atoms with Crippen molar-refractivity contribution in [2.75, 3.05) is 13.2 Å². The van der Waals surface area contributed by atoms with Crippen LogP contribution in [0, 0.1) is 5.92 Å². The third-order valence-corrected chi connectivity index (χ3v) is 3.25. The van der Waals surface area contributed by atoms with Crippen molar-refractivity contribution in [1.82, 2.24) is 9.97 Å². The highest BCUT2D eigenvalue weighted by atomic mass is 16.5. The quantitative estimate of drug-likeness (QED) is 0.777. The van der Waals surface area contributed by atoms with Gasteiger partial charge in [0.25, 0.3) is 0 Å². The van der Waals surface area contributed by atoms with Gasteiger partial charge in [-0.3, -0.25) is 0 Å². The number of aryl methyl sites for hydroxylation is 2. The highest BCUT2D eigenvalue weighted by molar-refractivity contribution is 5.18. The Morgan fingerprint density at radius 3 is 3.19 bits per heavy atom. The average Bonchev–Trinajstić information content (AvgIpc) is 2.66. The fraction of sp³-hybridized carbons (Fsp3) is 0.769. The maximum Gasteiger partial charge on any atom is 0.106 e. The first-order valence-corrected chi connectivity index (χ1v) is 6.44. The molecule has 1 aromatic rings. The summed E-state index contributed by atoms with van der Waals surface area (Å²) in [6.45, 7) is 6.01. The van der Waals surface area contributed by atoms with Gasteiger partial charge in [-0.1, -0.05) is 6.92 Å². The molecule has 1 unspecified atom stereocenters. The minimum absolute atomic E-state index is 0.809. The van der Waals surface area contributed by atoms with E-state index in [1.54, 1.807) is 0 Å². The smallest absolute Gasteiger partial charge is 0.106 e. The fourth-order valence-electron chi connectivity index (χ4n) is 2.32. The third-order valence-electron chi connectivity index (χ3n) is 3.25. The lowest BCUT2D eigenvalue weighted by atomic mass is 9.92. The maximum absolute atomic E-state index is 5.33. The van der Waals surface area contributed by atoms with Gasteiger partial charge >= 0.3 is 0 Å². The molecule has 2 rings (SSSR count). The molecule has 1 atom stereocenters. The number of hydrogen-bond acceptors (Lipinski definition) is 2. The predicted octanol–water partition coefficient (Wildman–Crippen LogP) is 2.50. The molecule has 1 aliphatic carbocycles. The Kier molecular flexibility index (Phi) is 3.99. The van der Waals surface area contributed by atoms with E-state index in [9.17, 15) is 0 Å². The Labute approximate surface area is 97.6 Å². The molecule has 16 heavy (non-hydrogen) atoms. The fourth-order valence-corrected chi connectivity index (χ4v) is 2.32. The van der Waals surface area contributed by atoms with Crippen LogP contribution in [0.25, 0.3) is 0 Å². The number of hydrogen-bond donors (Lipinski definition) is 1. The number of ether oxygens (including phenoxy) is 1. The number of rotatable bonds is 5. The molecule has 0 fully saturated rings. The molecule has 1 aliphatic rings. The van der Waals surface area contributed by atoms with Crippen molar-refractivity contribution in [2.45, 2.75) is 46.0 Å². The van der Waals surface area contributed by atoms with Crippen LogP contribution in [0.1, 0.15) is 43.9 Å². The molecule has 90 valence electrons. The molecule has 0 saturated carbocycles. The van der Waals surface area contributed by atoms with Gasteiger partial charge in [-0.05, 0) is 38.5 Å². The van der Waals surface area contributed by atoms with Crippen LogP contribution < -0.4 is 0 Å². The number of fused-ring (bicyclic) bond motifs is 1. The standard InChI is InChI=1S/C13H22N2O/c1-3-16-8-4-5-13-14-11-7-6-10(2)9-12(11)15-13/h10H,3-9H2,1-2H3,(H,14,15). The number of imidazole rings is 1. The second-order valence-corrected chi connectivity index (χ2v) is 4.76. The number of aromatic amines is 1. The molecule has 0 saturated heterocycles. The molecule has 0 radical (unpaired) electrons. The van der Waals surface area contributed by atoms with Crippen molar-refractivity contribution < 1.29 is 4.74 Å². The van der Waals surface area contributed by atoms with Crippen LogP contribution in [0.3, 0.4) is 0 Å². The average molecular weight is 222 g/mol. The summed E-state index contributed by atoms with van der Waals surface area (Å²) in [6.07, 6.45) is 5.69. The minimum atomic E-state index is 0.809. The van der Waals surface area contributed by atoms with E-state index in [4.69, 9.17) is 4.74 Å². The van der Waals surface area contributed by atoms with Gasteiger partial charge in [0.1, 0.15) is 5.82 Å². The van der Waals surface area contributed by atoms with Gasteiger partial charge in [-0.25, -0.2) is 4.98 Å². The topological polar surface area (TPSA) is 37.9 Å². The van der Waals surface area contributed by atoms with E-state index in [0.29, 0.717) is 0 Å². The van der Waals surface area contributed by atoms with Crippen LogP contribution in [0.5, 0.6) is 0 Å². The second kappa shape index (κ2) is 5.48. The van der Waals surface area contributed by atoms with Crippen LogP contribution in [0.15, 0.2) is 0 Å². The molecule has 1 aromatic heterocycles. The SMILES string of the molecule is CCOCCCc1nc2c([nH]1)CC(C)CC2. The number of H-pyrrole nitrogens is 1. The lowest BCUT2D eigenvalue weighted by molar-refractivity contribution is 0.145. The zero-order chi connectivity index (χ0) is 11.4. The van der Waals surface area contributed by atoms with Crippen LogP contribution in [-0.4, -0.2) is 23.2 Å². The van der Waals surface area contributed by atoms with Crippen LogP contribution >= 0.6 is 0 Å². The van der Waals surface area contributed by atoms with E-state index in [1.165, 1.54) is 24.2 Å². The Balaban J connectivity index is 1.87. The predicted molar refractivity (Wildman–Crippen MR) is 64.6 cm³/mol. The Morgan fingerprint density at radius 1 is 1.50 bits per heavy atom. The summed E-state index contributed by atoms with van der Waals surface area (Å²) >= 11 is 0. The summed E-state index contributed by atoms with van der Waals surface area (Å²) in [5.74, 6) is 1.96. The van der Waals surface area contributed by atoms with Gasteiger partial charge < -0.3 is 9.72 Å². The van der Waals surface area contributed by atoms with Crippen molar-refractivity contribution >= 4 is 0 Å². The van der Waals surface area contributed by atoms with Crippen molar-refractivity contribution in [3.05, 3.63) is 17.2 Å². The Morgan fingerprint density at radius 2 is 2.38 bits per heavy atom. The summed E-state index contributed by atoms with van der Waals surface area (Å²) in [7, 11) is 0. The molecule has 0 amide bonds. The van der Waals surface area contributed by atoms with Gasteiger partial charge in [0.15, 0.2) is 0 Å². The number of nitrogens with one attached hydrogen (secondary N) is 1. The highest BCUT2D eigenvalue weighted by Gasteiger charge is 2.18. The molecule has 3 nitrogen and oxygen atoms in total. The van der Waals surface area contributed by atoms with E-state index in [1.807, 2.05) is 6.92 Å². The molecule has 3 heteroatoms. The molecule has 0 aromatic carbocycles. The largest absolute Gasteiger partial charge is 0.382 e. The van der Waals surface area contributed by atoms with Crippen molar-refractivity contribution in [2.24, 2.45) is 5.92 Å². The molecular weight excluding hydrogens is 200 g/mol. The van der Waals surface area contributed by atoms with E-state index >= 15 is 0 Å². The van der Waals surface area contributed by atoms with E-state index in [2.05, 4.69) is 16.9 Å². The molecule has 0 spiro atoms. The molecule has 1 heterocycles. The Bertz CT molecular complexity index is 333. The van der Waals surface area contributed by atoms with E-state index in [0.717, 1.165) is 44.2 Å². The first-order valence-electron chi connectivity index (χ1n) is 6.44. The zero-order valence-corrected chi connectivity index (χ0v) is 10.4. The van der Waals surface area contributed by atoms with Crippen LogP contribution in [0.2, 0.25) is 0 Å². The van der Waals surface area contributed by atoms with Gasteiger partial charge in [-0.2, -0.15) is 0 Å². The van der Waals surface area contributed by atoms with Crippen LogP contribution in [-0.2, 0) is 24.0 Å². The normalized spacial score (nSPS) is 19.8. The number of aromatic nitrogens is 2.